The number of carbonyl (C=O) groups excluding carboxylic acids is 1. The summed E-state index contributed by atoms with van der Waals surface area (Å²) >= 11 is 14.1. The van der Waals surface area contributed by atoms with Crippen molar-refractivity contribution < 1.29 is 23.4 Å². The first-order chi connectivity index (χ1) is 18.7. The molecule has 2 aromatic carbocycles. The van der Waals surface area contributed by atoms with Crippen LogP contribution in [0.2, 0.25) is 10.0 Å². The molecule has 39 heavy (non-hydrogen) atoms. The fraction of sp³-hybridized carbons (Fsp3) is 0.185. The van der Waals surface area contributed by atoms with Gasteiger partial charge in [0.05, 0.1) is 23.5 Å². The van der Waals surface area contributed by atoms with Crippen LogP contribution in [0.4, 0.5) is 14.9 Å². The number of ether oxygens (including phenoxy) is 3. The summed E-state index contributed by atoms with van der Waals surface area (Å²) in [6, 6.07) is 10.1. The number of pyridine rings is 2. The van der Waals surface area contributed by atoms with Crippen LogP contribution in [0.25, 0.3) is 31.7 Å². The van der Waals surface area contributed by atoms with Gasteiger partial charge >= 0.3 is 6.09 Å². The zero-order valence-electron chi connectivity index (χ0n) is 20.9. The van der Waals surface area contributed by atoms with E-state index < -0.39 is 24.1 Å². The van der Waals surface area contributed by atoms with E-state index in [1.165, 1.54) is 17.4 Å². The minimum absolute atomic E-state index is 0.0843. The molecule has 200 valence electrons. The van der Waals surface area contributed by atoms with Gasteiger partial charge in [0.2, 0.25) is 0 Å². The Balaban J connectivity index is 1.40. The minimum Gasteiger partial charge on any atom is -0.495 e. The van der Waals surface area contributed by atoms with E-state index >= 15 is 4.39 Å². The highest BCUT2D eigenvalue weighted by molar-refractivity contribution is 7.21. The number of methoxy groups -OCH3 is 1. The number of halogens is 3. The molecule has 0 fully saturated rings. The number of amides is 1. The molecule has 0 aliphatic carbocycles. The highest BCUT2D eigenvalue weighted by Gasteiger charge is 2.24. The molecule has 0 bridgehead atoms. The molecular weight excluding hydrogens is 566 g/mol. The van der Waals surface area contributed by atoms with Crippen molar-refractivity contribution in [3.8, 4) is 22.1 Å². The SMILES string of the molecule is COc1cnc2c(-c3nc4c(Cl)c(F)c(O[C@@H](C)[C@@H](C)OC(=O)Nc5ccncc5)cc4s3)cc(Cl)cc2c1. The van der Waals surface area contributed by atoms with Crippen LogP contribution in [0, 0.1) is 5.82 Å². The number of rotatable bonds is 7. The van der Waals surface area contributed by atoms with Crippen molar-refractivity contribution in [2.75, 3.05) is 12.4 Å². The van der Waals surface area contributed by atoms with Gasteiger partial charge in [0.25, 0.3) is 0 Å². The number of nitrogens with zero attached hydrogens (tertiary/aromatic N) is 3. The summed E-state index contributed by atoms with van der Waals surface area (Å²) in [6.07, 6.45) is 2.61. The quantitative estimate of drug-likeness (QED) is 0.208. The molecule has 2 atom stereocenters. The smallest absolute Gasteiger partial charge is 0.412 e. The van der Waals surface area contributed by atoms with Crippen molar-refractivity contribution in [3.63, 3.8) is 0 Å². The van der Waals surface area contributed by atoms with E-state index in [1.54, 1.807) is 63.8 Å². The molecule has 0 aliphatic heterocycles. The van der Waals surface area contributed by atoms with Crippen LogP contribution in [0.5, 0.6) is 11.5 Å². The third-order valence-electron chi connectivity index (χ3n) is 5.91. The first-order valence-corrected chi connectivity index (χ1v) is 13.3. The Hall–Kier alpha value is -3.73. The summed E-state index contributed by atoms with van der Waals surface area (Å²) in [5, 5.41) is 4.24. The lowest BCUT2D eigenvalue weighted by Gasteiger charge is -2.22. The van der Waals surface area contributed by atoms with Crippen molar-refractivity contribution in [1.82, 2.24) is 15.0 Å². The lowest BCUT2D eigenvalue weighted by molar-refractivity contribution is 0.0402. The molecule has 0 saturated carbocycles. The molecule has 3 aromatic heterocycles. The van der Waals surface area contributed by atoms with Gasteiger partial charge in [-0.2, -0.15) is 0 Å². The highest BCUT2D eigenvalue weighted by Crippen LogP contribution is 2.41. The van der Waals surface area contributed by atoms with Gasteiger partial charge < -0.3 is 14.2 Å². The second-order valence-electron chi connectivity index (χ2n) is 8.56. The number of anilines is 1. The minimum atomic E-state index is -0.764. The summed E-state index contributed by atoms with van der Waals surface area (Å²) in [6.45, 7) is 3.31. The maximum Gasteiger partial charge on any atom is 0.412 e. The Bertz CT molecular complexity index is 1690. The maximum atomic E-state index is 15.3. The van der Waals surface area contributed by atoms with Gasteiger partial charge in [0.1, 0.15) is 33.5 Å². The van der Waals surface area contributed by atoms with Crippen molar-refractivity contribution >= 4 is 67.4 Å². The van der Waals surface area contributed by atoms with Gasteiger partial charge in [-0.25, -0.2) is 14.2 Å². The number of benzene rings is 2. The normalized spacial score (nSPS) is 12.8. The molecule has 8 nitrogen and oxygen atoms in total. The van der Waals surface area contributed by atoms with E-state index in [1.807, 2.05) is 6.07 Å². The fourth-order valence-corrected chi connectivity index (χ4v) is 5.33. The first kappa shape index (κ1) is 26.9. The molecule has 0 saturated heterocycles. The average molecular weight is 587 g/mol. The molecule has 0 unspecified atom stereocenters. The van der Waals surface area contributed by atoms with E-state index in [0.717, 1.165) is 5.39 Å². The Morgan fingerprint density at radius 2 is 1.85 bits per heavy atom. The zero-order chi connectivity index (χ0) is 27.7. The second kappa shape index (κ2) is 11.2. The molecule has 1 N–H and O–H groups in total. The topological polar surface area (TPSA) is 95.5 Å². The molecule has 0 radical (unpaired) electrons. The first-order valence-electron chi connectivity index (χ1n) is 11.7. The van der Waals surface area contributed by atoms with Crippen LogP contribution < -0.4 is 14.8 Å². The van der Waals surface area contributed by atoms with Crippen LogP contribution in [0.1, 0.15) is 13.8 Å². The number of carbonyl (C=O) groups is 1. The molecule has 5 rings (SSSR count). The maximum absolute atomic E-state index is 15.3. The van der Waals surface area contributed by atoms with E-state index in [0.29, 0.717) is 37.2 Å². The predicted molar refractivity (Wildman–Crippen MR) is 151 cm³/mol. The van der Waals surface area contributed by atoms with E-state index in [-0.39, 0.29) is 16.3 Å². The van der Waals surface area contributed by atoms with Crippen LogP contribution in [-0.2, 0) is 4.74 Å². The van der Waals surface area contributed by atoms with E-state index in [2.05, 4.69) is 20.3 Å². The average Bonchev–Trinajstić information content (AvgIpc) is 3.35. The van der Waals surface area contributed by atoms with Gasteiger partial charge in [-0.1, -0.05) is 23.2 Å². The van der Waals surface area contributed by atoms with Crippen LogP contribution >= 0.6 is 34.5 Å². The van der Waals surface area contributed by atoms with Gasteiger partial charge in [0.15, 0.2) is 11.6 Å². The predicted octanol–water partition coefficient (Wildman–Crippen LogP) is 7.77. The van der Waals surface area contributed by atoms with Gasteiger partial charge in [-0.15, -0.1) is 11.3 Å². The number of nitrogens with one attached hydrogen (secondary N) is 1. The van der Waals surface area contributed by atoms with Crippen LogP contribution in [-0.4, -0.2) is 40.4 Å². The molecule has 12 heteroatoms. The van der Waals surface area contributed by atoms with Crippen LogP contribution in [0.15, 0.2) is 55.0 Å². The number of thiazole rings is 1. The summed E-state index contributed by atoms with van der Waals surface area (Å²) in [4.78, 5) is 25.2. The lowest BCUT2D eigenvalue weighted by Crippen LogP contribution is -2.32. The van der Waals surface area contributed by atoms with Gasteiger partial charge in [-0.3, -0.25) is 15.3 Å². The molecular formula is C27H21Cl2FN4O4S. The third-order valence-corrected chi connectivity index (χ3v) is 7.51. The summed E-state index contributed by atoms with van der Waals surface area (Å²) in [5.74, 6) is -0.256. The number of aromatic nitrogens is 3. The molecule has 0 spiro atoms. The largest absolute Gasteiger partial charge is 0.495 e. The van der Waals surface area contributed by atoms with E-state index in [4.69, 9.17) is 37.4 Å². The number of fused-ring (bicyclic) bond motifs is 2. The van der Waals surface area contributed by atoms with Crippen molar-refractivity contribution in [2.45, 2.75) is 26.1 Å². The monoisotopic (exact) mass is 586 g/mol. The highest BCUT2D eigenvalue weighted by atomic mass is 35.5. The van der Waals surface area contributed by atoms with E-state index in [9.17, 15) is 4.79 Å². The van der Waals surface area contributed by atoms with Crippen molar-refractivity contribution in [2.24, 2.45) is 0 Å². The summed E-state index contributed by atoms with van der Waals surface area (Å²) in [7, 11) is 1.56. The fourth-order valence-electron chi connectivity index (χ4n) is 3.79. The van der Waals surface area contributed by atoms with Crippen molar-refractivity contribution in [1.29, 1.82) is 0 Å². The molecule has 5 aromatic rings. The Morgan fingerprint density at radius 3 is 2.59 bits per heavy atom. The van der Waals surface area contributed by atoms with Crippen LogP contribution in [0.3, 0.4) is 0 Å². The Labute approximate surface area is 236 Å². The van der Waals surface area contributed by atoms with Gasteiger partial charge in [0, 0.05) is 40.1 Å². The van der Waals surface area contributed by atoms with Gasteiger partial charge in [-0.05, 0) is 44.2 Å². The summed E-state index contributed by atoms with van der Waals surface area (Å²) < 4.78 is 32.3. The Kier molecular flexibility index (Phi) is 7.69. The Morgan fingerprint density at radius 1 is 1.08 bits per heavy atom. The molecule has 1 amide bonds. The van der Waals surface area contributed by atoms with Crippen molar-refractivity contribution in [3.05, 3.63) is 70.9 Å². The summed E-state index contributed by atoms with van der Waals surface area (Å²) in [5.41, 5.74) is 2.16. The number of hydrogen-bond acceptors (Lipinski definition) is 8. The number of hydrogen-bond donors (Lipinski definition) is 1. The third kappa shape index (κ3) is 5.68. The molecule has 3 heterocycles. The zero-order valence-corrected chi connectivity index (χ0v) is 23.2. The second-order valence-corrected chi connectivity index (χ2v) is 10.4. The standard InChI is InChI=1S/C27H21Cl2FN4O4S/c1-13(14(2)38-27(35)33-17-4-6-31-7-5-17)37-20-11-21-25(22(29)23(20)30)34-26(39-21)19-10-16(28)8-15-9-18(36-3)12-32-24(15)19/h4-14H,1-3H3,(H,31,33,35)/t13-,14+/m0/s1. The lowest BCUT2D eigenvalue weighted by atomic mass is 10.1. The molecule has 0 aliphatic rings.